The molecule has 2 fully saturated rings. The van der Waals surface area contributed by atoms with Crippen LogP contribution in [0.15, 0.2) is 0 Å². The van der Waals surface area contributed by atoms with Gasteiger partial charge in [0.05, 0.1) is 6.10 Å². The second kappa shape index (κ2) is 6.85. The first-order valence-corrected chi connectivity index (χ1v) is 7.38. The fraction of sp³-hybridized carbons (Fsp3) is 1.00. The van der Waals surface area contributed by atoms with E-state index in [2.05, 4.69) is 29.0 Å². The minimum absolute atomic E-state index is 0.428. The molecule has 4 heteroatoms. The van der Waals surface area contributed by atoms with Gasteiger partial charge in [0.25, 0.3) is 0 Å². The van der Waals surface area contributed by atoms with Gasteiger partial charge in [0, 0.05) is 59.0 Å². The number of piperazine rings is 1. The molecule has 2 atom stereocenters. The Kier molecular flexibility index (Phi) is 5.42. The maximum atomic E-state index is 5.40. The molecule has 2 saturated heterocycles. The van der Waals surface area contributed by atoms with Gasteiger partial charge >= 0.3 is 0 Å². The second-order valence-corrected chi connectivity index (χ2v) is 6.19. The van der Waals surface area contributed by atoms with E-state index < -0.39 is 0 Å². The van der Waals surface area contributed by atoms with Crippen LogP contribution in [0.4, 0.5) is 0 Å². The molecule has 0 aromatic rings. The number of nitrogens with zero attached hydrogens (tertiary/aromatic N) is 2. The standard InChI is InChI=1S/C14H29N3O/c1-12(2)10-16-4-6-17(7-5-16)11-13-8-14(18-3)9-15-13/h12-15H,4-11H2,1-3H3. The van der Waals surface area contributed by atoms with Gasteiger partial charge in [-0.1, -0.05) is 13.8 Å². The van der Waals surface area contributed by atoms with Gasteiger partial charge < -0.3 is 15.0 Å². The molecule has 2 unspecified atom stereocenters. The van der Waals surface area contributed by atoms with Crippen molar-refractivity contribution in [1.82, 2.24) is 15.1 Å². The summed E-state index contributed by atoms with van der Waals surface area (Å²) in [7, 11) is 1.82. The van der Waals surface area contributed by atoms with Crippen molar-refractivity contribution in [1.29, 1.82) is 0 Å². The van der Waals surface area contributed by atoms with Crippen LogP contribution in [0, 0.1) is 5.92 Å². The van der Waals surface area contributed by atoms with E-state index in [1.807, 2.05) is 7.11 Å². The van der Waals surface area contributed by atoms with Gasteiger partial charge in [0.2, 0.25) is 0 Å². The molecule has 0 bridgehead atoms. The van der Waals surface area contributed by atoms with Crippen molar-refractivity contribution in [2.24, 2.45) is 5.92 Å². The Bertz CT molecular complexity index is 239. The number of methoxy groups -OCH3 is 1. The molecule has 2 heterocycles. The number of rotatable bonds is 5. The number of hydrogen-bond donors (Lipinski definition) is 1. The zero-order valence-corrected chi connectivity index (χ0v) is 12.2. The smallest absolute Gasteiger partial charge is 0.0711 e. The lowest BCUT2D eigenvalue weighted by atomic mass is 10.1. The summed E-state index contributed by atoms with van der Waals surface area (Å²) in [6.07, 6.45) is 1.60. The zero-order valence-electron chi connectivity index (χ0n) is 12.2. The molecule has 0 amide bonds. The quantitative estimate of drug-likeness (QED) is 0.780. The molecular weight excluding hydrogens is 226 g/mol. The lowest BCUT2D eigenvalue weighted by Gasteiger charge is -2.36. The maximum Gasteiger partial charge on any atom is 0.0711 e. The second-order valence-electron chi connectivity index (χ2n) is 6.19. The first-order valence-electron chi connectivity index (χ1n) is 7.38. The minimum Gasteiger partial charge on any atom is -0.380 e. The third kappa shape index (κ3) is 4.19. The van der Waals surface area contributed by atoms with E-state index in [1.54, 1.807) is 0 Å². The maximum absolute atomic E-state index is 5.40. The van der Waals surface area contributed by atoms with Crippen LogP contribution in [0.25, 0.3) is 0 Å². The Morgan fingerprint density at radius 3 is 2.39 bits per heavy atom. The van der Waals surface area contributed by atoms with Crippen molar-refractivity contribution in [2.45, 2.75) is 32.4 Å². The average molecular weight is 255 g/mol. The summed E-state index contributed by atoms with van der Waals surface area (Å²) in [6.45, 7) is 13.0. The molecule has 106 valence electrons. The summed E-state index contributed by atoms with van der Waals surface area (Å²) in [5.41, 5.74) is 0. The molecule has 0 radical (unpaired) electrons. The fourth-order valence-corrected chi connectivity index (χ4v) is 3.08. The molecule has 0 spiro atoms. The van der Waals surface area contributed by atoms with Crippen LogP contribution in [0.3, 0.4) is 0 Å². The molecule has 2 aliphatic rings. The molecular formula is C14H29N3O. The summed E-state index contributed by atoms with van der Waals surface area (Å²) in [4.78, 5) is 5.20. The zero-order chi connectivity index (χ0) is 13.0. The minimum atomic E-state index is 0.428. The molecule has 0 aliphatic carbocycles. The largest absolute Gasteiger partial charge is 0.380 e. The highest BCUT2D eigenvalue weighted by Crippen LogP contribution is 2.12. The van der Waals surface area contributed by atoms with Gasteiger partial charge in [0.15, 0.2) is 0 Å². The van der Waals surface area contributed by atoms with Crippen LogP contribution < -0.4 is 5.32 Å². The van der Waals surface area contributed by atoms with E-state index >= 15 is 0 Å². The molecule has 4 nitrogen and oxygen atoms in total. The van der Waals surface area contributed by atoms with E-state index in [9.17, 15) is 0 Å². The number of hydrogen-bond acceptors (Lipinski definition) is 4. The molecule has 0 aromatic carbocycles. The first kappa shape index (κ1) is 14.3. The van der Waals surface area contributed by atoms with E-state index in [0.717, 1.165) is 12.5 Å². The van der Waals surface area contributed by atoms with Gasteiger partial charge in [-0.25, -0.2) is 0 Å². The van der Waals surface area contributed by atoms with Crippen LogP contribution >= 0.6 is 0 Å². The van der Waals surface area contributed by atoms with Crippen LogP contribution in [0.5, 0.6) is 0 Å². The number of ether oxygens (including phenoxy) is 1. The molecule has 0 aromatic heterocycles. The van der Waals surface area contributed by atoms with E-state index in [0.29, 0.717) is 12.1 Å². The van der Waals surface area contributed by atoms with Crippen molar-refractivity contribution in [3.05, 3.63) is 0 Å². The van der Waals surface area contributed by atoms with Crippen LogP contribution in [0.1, 0.15) is 20.3 Å². The lowest BCUT2D eigenvalue weighted by Crippen LogP contribution is -2.50. The summed E-state index contributed by atoms with van der Waals surface area (Å²) < 4.78 is 5.40. The highest BCUT2D eigenvalue weighted by molar-refractivity contribution is 4.86. The Morgan fingerprint density at radius 2 is 1.83 bits per heavy atom. The lowest BCUT2D eigenvalue weighted by molar-refractivity contribution is 0.104. The summed E-state index contributed by atoms with van der Waals surface area (Å²) in [5.74, 6) is 0.788. The third-order valence-corrected chi connectivity index (χ3v) is 4.08. The van der Waals surface area contributed by atoms with Gasteiger partial charge in [-0.3, -0.25) is 4.90 Å². The van der Waals surface area contributed by atoms with Crippen LogP contribution in [-0.4, -0.2) is 74.9 Å². The molecule has 18 heavy (non-hydrogen) atoms. The SMILES string of the molecule is COC1CNC(CN2CCN(CC(C)C)CC2)C1. The average Bonchev–Trinajstić information content (AvgIpc) is 2.79. The highest BCUT2D eigenvalue weighted by atomic mass is 16.5. The Morgan fingerprint density at radius 1 is 1.17 bits per heavy atom. The Labute approximate surface area is 112 Å². The predicted octanol–water partition coefficient (Wildman–Crippen LogP) is 0.637. The van der Waals surface area contributed by atoms with Gasteiger partial charge in [-0.2, -0.15) is 0 Å². The fourth-order valence-electron chi connectivity index (χ4n) is 3.08. The molecule has 2 aliphatic heterocycles. The van der Waals surface area contributed by atoms with Gasteiger partial charge in [-0.05, 0) is 12.3 Å². The van der Waals surface area contributed by atoms with Gasteiger partial charge in [0.1, 0.15) is 0 Å². The molecule has 0 saturated carbocycles. The molecule has 1 N–H and O–H groups in total. The van der Waals surface area contributed by atoms with Crippen LogP contribution in [-0.2, 0) is 4.74 Å². The normalized spacial score (nSPS) is 31.3. The van der Waals surface area contributed by atoms with Crippen molar-refractivity contribution < 1.29 is 4.74 Å². The van der Waals surface area contributed by atoms with E-state index in [4.69, 9.17) is 4.74 Å². The van der Waals surface area contributed by atoms with Crippen molar-refractivity contribution in [3.63, 3.8) is 0 Å². The monoisotopic (exact) mass is 255 g/mol. The Hall–Kier alpha value is -0.160. The van der Waals surface area contributed by atoms with E-state index in [1.165, 1.54) is 45.7 Å². The first-order chi connectivity index (χ1) is 8.67. The predicted molar refractivity (Wildman–Crippen MR) is 74.9 cm³/mol. The number of nitrogens with one attached hydrogen (secondary N) is 1. The van der Waals surface area contributed by atoms with E-state index in [-0.39, 0.29) is 0 Å². The van der Waals surface area contributed by atoms with Crippen molar-refractivity contribution in [2.75, 3.05) is 52.9 Å². The highest BCUT2D eigenvalue weighted by Gasteiger charge is 2.26. The summed E-state index contributed by atoms with van der Waals surface area (Å²) in [6, 6.07) is 0.631. The summed E-state index contributed by atoms with van der Waals surface area (Å²) >= 11 is 0. The Balaban J connectivity index is 1.65. The summed E-state index contributed by atoms with van der Waals surface area (Å²) in [5, 5.41) is 3.57. The topological polar surface area (TPSA) is 27.7 Å². The molecule has 2 rings (SSSR count). The van der Waals surface area contributed by atoms with Crippen LogP contribution in [0.2, 0.25) is 0 Å². The van der Waals surface area contributed by atoms with Crippen molar-refractivity contribution in [3.8, 4) is 0 Å². The van der Waals surface area contributed by atoms with Gasteiger partial charge in [-0.15, -0.1) is 0 Å². The third-order valence-electron chi connectivity index (χ3n) is 4.08. The van der Waals surface area contributed by atoms with Crippen molar-refractivity contribution >= 4 is 0 Å².